The smallest absolute Gasteiger partial charge is 0.124 e. The lowest BCUT2D eigenvalue weighted by molar-refractivity contribution is 0.501. The van der Waals surface area contributed by atoms with E-state index in [1.165, 1.54) is 6.07 Å². The molecule has 19 heavy (non-hydrogen) atoms. The Hall–Kier alpha value is -1.13. The van der Waals surface area contributed by atoms with Crippen molar-refractivity contribution in [2.45, 2.75) is 26.3 Å². The average Bonchev–Trinajstić information content (AvgIpc) is 2.73. The SMILES string of the molecule is CCNC(Cc1cc(F)cc(Br)c1)c1ccoc1C. The monoisotopic (exact) mass is 325 g/mol. The van der Waals surface area contributed by atoms with E-state index in [9.17, 15) is 4.39 Å². The van der Waals surface area contributed by atoms with Crippen LogP contribution in [0.5, 0.6) is 0 Å². The molecule has 1 aromatic carbocycles. The Morgan fingerprint density at radius 1 is 1.37 bits per heavy atom. The van der Waals surface area contributed by atoms with E-state index < -0.39 is 0 Å². The van der Waals surface area contributed by atoms with Crippen molar-refractivity contribution >= 4 is 15.9 Å². The van der Waals surface area contributed by atoms with Gasteiger partial charge in [-0.2, -0.15) is 0 Å². The molecule has 102 valence electrons. The summed E-state index contributed by atoms with van der Waals surface area (Å²) in [7, 11) is 0. The molecule has 0 spiro atoms. The maximum absolute atomic E-state index is 13.4. The summed E-state index contributed by atoms with van der Waals surface area (Å²) in [6.07, 6.45) is 2.42. The standard InChI is InChI=1S/C15H17BrFNO/c1-3-18-15(14-4-5-19-10(14)2)8-11-6-12(16)9-13(17)7-11/h4-7,9,15,18H,3,8H2,1-2H3. The Morgan fingerprint density at radius 2 is 2.16 bits per heavy atom. The van der Waals surface area contributed by atoms with Crippen LogP contribution in [0.15, 0.2) is 39.4 Å². The van der Waals surface area contributed by atoms with E-state index in [0.717, 1.165) is 34.3 Å². The number of likely N-dealkylation sites (N-methyl/N-ethyl adjacent to an activating group) is 1. The van der Waals surface area contributed by atoms with Gasteiger partial charge in [0.25, 0.3) is 0 Å². The van der Waals surface area contributed by atoms with Crippen LogP contribution >= 0.6 is 15.9 Å². The highest BCUT2D eigenvalue weighted by Gasteiger charge is 2.16. The summed E-state index contributed by atoms with van der Waals surface area (Å²) >= 11 is 3.33. The van der Waals surface area contributed by atoms with Gasteiger partial charge >= 0.3 is 0 Å². The van der Waals surface area contributed by atoms with Crippen molar-refractivity contribution < 1.29 is 8.81 Å². The largest absolute Gasteiger partial charge is 0.469 e. The molecule has 0 aliphatic rings. The zero-order chi connectivity index (χ0) is 13.8. The lowest BCUT2D eigenvalue weighted by Gasteiger charge is -2.17. The van der Waals surface area contributed by atoms with Crippen molar-refractivity contribution in [2.75, 3.05) is 6.54 Å². The van der Waals surface area contributed by atoms with Crippen LogP contribution < -0.4 is 5.32 Å². The van der Waals surface area contributed by atoms with Crippen molar-refractivity contribution in [2.24, 2.45) is 0 Å². The van der Waals surface area contributed by atoms with Crippen LogP contribution in [-0.2, 0) is 6.42 Å². The molecule has 0 saturated carbocycles. The molecule has 2 rings (SSSR count). The van der Waals surface area contributed by atoms with Crippen LogP contribution in [-0.4, -0.2) is 6.54 Å². The molecule has 1 N–H and O–H groups in total. The van der Waals surface area contributed by atoms with E-state index in [4.69, 9.17) is 4.42 Å². The van der Waals surface area contributed by atoms with Crippen LogP contribution in [0.2, 0.25) is 0 Å². The van der Waals surface area contributed by atoms with Gasteiger partial charge in [-0.3, -0.25) is 0 Å². The zero-order valence-electron chi connectivity index (χ0n) is 11.0. The van der Waals surface area contributed by atoms with Gasteiger partial charge in [0.1, 0.15) is 11.6 Å². The van der Waals surface area contributed by atoms with Crippen LogP contribution in [0.1, 0.15) is 29.9 Å². The maximum atomic E-state index is 13.4. The van der Waals surface area contributed by atoms with Crippen molar-refractivity contribution in [1.82, 2.24) is 5.32 Å². The van der Waals surface area contributed by atoms with Gasteiger partial charge in [-0.05, 0) is 49.7 Å². The third-order valence-corrected chi connectivity index (χ3v) is 3.54. The molecule has 2 aromatic rings. The normalized spacial score (nSPS) is 12.6. The number of hydrogen-bond donors (Lipinski definition) is 1. The molecule has 0 saturated heterocycles. The van der Waals surface area contributed by atoms with E-state index in [-0.39, 0.29) is 11.9 Å². The van der Waals surface area contributed by atoms with Gasteiger partial charge in [0.05, 0.1) is 6.26 Å². The van der Waals surface area contributed by atoms with Crippen LogP contribution in [0, 0.1) is 12.7 Å². The topological polar surface area (TPSA) is 25.2 Å². The highest BCUT2D eigenvalue weighted by Crippen LogP contribution is 2.24. The Kier molecular flexibility index (Phi) is 4.77. The quantitative estimate of drug-likeness (QED) is 0.882. The van der Waals surface area contributed by atoms with E-state index in [2.05, 4.69) is 28.2 Å². The summed E-state index contributed by atoms with van der Waals surface area (Å²) in [6, 6.07) is 7.09. The Morgan fingerprint density at radius 3 is 2.74 bits per heavy atom. The van der Waals surface area contributed by atoms with Crippen LogP contribution in [0.3, 0.4) is 0 Å². The number of halogens is 2. The minimum atomic E-state index is -0.219. The van der Waals surface area contributed by atoms with Gasteiger partial charge in [-0.15, -0.1) is 0 Å². The summed E-state index contributed by atoms with van der Waals surface area (Å²) in [5.41, 5.74) is 2.08. The first-order valence-electron chi connectivity index (χ1n) is 6.32. The van der Waals surface area contributed by atoms with E-state index in [0.29, 0.717) is 0 Å². The predicted octanol–water partition coefficient (Wildman–Crippen LogP) is 4.38. The van der Waals surface area contributed by atoms with Gasteiger partial charge in [0, 0.05) is 16.1 Å². The minimum absolute atomic E-state index is 0.137. The lowest BCUT2D eigenvalue weighted by atomic mass is 9.99. The molecule has 2 nitrogen and oxygen atoms in total. The van der Waals surface area contributed by atoms with E-state index >= 15 is 0 Å². The maximum Gasteiger partial charge on any atom is 0.124 e. The second kappa shape index (κ2) is 6.35. The Bertz CT molecular complexity index is 533. The number of hydrogen-bond acceptors (Lipinski definition) is 2. The van der Waals surface area contributed by atoms with Crippen LogP contribution in [0.4, 0.5) is 4.39 Å². The number of nitrogens with one attached hydrogen (secondary N) is 1. The Labute approximate surface area is 121 Å². The first-order valence-corrected chi connectivity index (χ1v) is 7.11. The summed E-state index contributed by atoms with van der Waals surface area (Å²) in [5.74, 6) is 0.685. The minimum Gasteiger partial charge on any atom is -0.469 e. The van der Waals surface area contributed by atoms with Crippen molar-refractivity contribution in [1.29, 1.82) is 0 Å². The third kappa shape index (κ3) is 3.67. The Balaban J connectivity index is 2.23. The van der Waals surface area contributed by atoms with Gasteiger partial charge in [0.15, 0.2) is 0 Å². The zero-order valence-corrected chi connectivity index (χ0v) is 12.6. The van der Waals surface area contributed by atoms with Crippen molar-refractivity contribution in [3.8, 4) is 0 Å². The molecule has 0 radical (unpaired) electrons. The number of aryl methyl sites for hydroxylation is 1. The first-order chi connectivity index (χ1) is 9.10. The third-order valence-electron chi connectivity index (χ3n) is 3.09. The molecule has 1 heterocycles. The van der Waals surface area contributed by atoms with Crippen molar-refractivity contribution in [3.05, 3.63) is 57.7 Å². The molecule has 1 unspecified atom stereocenters. The number of benzene rings is 1. The van der Waals surface area contributed by atoms with Gasteiger partial charge in [0.2, 0.25) is 0 Å². The molecule has 1 atom stereocenters. The van der Waals surface area contributed by atoms with Gasteiger partial charge in [-0.25, -0.2) is 4.39 Å². The molecule has 0 aliphatic carbocycles. The first kappa shape index (κ1) is 14.3. The molecule has 1 aromatic heterocycles. The highest BCUT2D eigenvalue weighted by molar-refractivity contribution is 9.10. The van der Waals surface area contributed by atoms with E-state index in [1.807, 2.05) is 19.1 Å². The fourth-order valence-corrected chi connectivity index (χ4v) is 2.77. The summed E-state index contributed by atoms with van der Waals surface area (Å²) < 4.78 is 19.5. The summed E-state index contributed by atoms with van der Waals surface area (Å²) in [5, 5.41) is 3.42. The number of rotatable bonds is 5. The fraction of sp³-hybridized carbons (Fsp3) is 0.333. The molecule has 0 bridgehead atoms. The second-order valence-electron chi connectivity index (χ2n) is 4.52. The molecule has 0 fully saturated rings. The summed E-state index contributed by atoms with van der Waals surface area (Å²) in [6.45, 7) is 4.86. The predicted molar refractivity (Wildman–Crippen MR) is 77.7 cm³/mol. The molecular formula is C15H17BrFNO. The molecule has 0 amide bonds. The molecular weight excluding hydrogens is 309 g/mol. The molecule has 4 heteroatoms. The molecule has 0 aliphatic heterocycles. The number of furan rings is 1. The summed E-state index contributed by atoms with van der Waals surface area (Å²) in [4.78, 5) is 0. The fourth-order valence-electron chi connectivity index (χ4n) is 2.26. The van der Waals surface area contributed by atoms with Crippen molar-refractivity contribution in [3.63, 3.8) is 0 Å². The van der Waals surface area contributed by atoms with E-state index in [1.54, 1.807) is 12.3 Å². The van der Waals surface area contributed by atoms with Gasteiger partial charge < -0.3 is 9.73 Å². The van der Waals surface area contributed by atoms with Crippen LogP contribution in [0.25, 0.3) is 0 Å². The lowest BCUT2D eigenvalue weighted by Crippen LogP contribution is -2.23. The second-order valence-corrected chi connectivity index (χ2v) is 5.44. The van der Waals surface area contributed by atoms with Gasteiger partial charge in [-0.1, -0.05) is 22.9 Å². The highest BCUT2D eigenvalue weighted by atomic mass is 79.9. The average molecular weight is 326 g/mol.